The highest BCUT2D eigenvalue weighted by Gasteiger charge is 2.16. The topological polar surface area (TPSA) is 66.7 Å². The molecule has 1 aliphatic heterocycles. The molecule has 166 valence electrons. The molecule has 4 rings (SSSR count). The minimum absolute atomic E-state index is 0.112. The molecule has 0 aliphatic carbocycles. The first-order chi connectivity index (χ1) is 15.5. The fourth-order valence-electron chi connectivity index (χ4n) is 3.34. The number of anilines is 1. The van der Waals surface area contributed by atoms with Gasteiger partial charge in [0.25, 0.3) is 5.91 Å². The standard InChI is InChI=1S/C23H21Cl2N3O3S/c24-18-3-1-2-17(21(18)25)19-8-9-20(31-19)22(29)27-23(32)26-16-6-4-15(5-7-16)14-28-10-12-30-13-11-28/h1-9H,10-14H2,(H2,26,27,29,32). The molecule has 6 nitrogen and oxygen atoms in total. The van der Waals surface area contributed by atoms with Gasteiger partial charge in [0, 0.05) is 30.9 Å². The Morgan fingerprint density at radius 1 is 1.03 bits per heavy atom. The molecule has 0 unspecified atom stereocenters. The van der Waals surface area contributed by atoms with Crippen LogP contribution in [-0.4, -0.2) is 42.2 Å². The number of rotatable bonds is 5. The molecule has 1 saturated heterocycles. The van der Waals surface area contributed by atoms with Crippen molar-refractivity contribution in [3.63, 3.8) is 0 Å². The number of carbonyl (C=O) groups excluding carboxylic acids is 1. The van der Waals surface area contributed by atoms with Crippen LogP contribution in [0.4, 0.5) is 5.69 Å². The molecule has 9 heteroatoms. The first kappa shape index (κ1) is 22.8. The maximum absolute atomic E-state index is 12.5. The zero-order valence-electron chi connectivity index (χ0n) is 17.1. The number of hydrogen-bond donors (Lipinski definition) is 2. The van der Waals surface area contributed by atoms with Gasteiger partial charge in [-0.3, -0.25) is 15.0 Å². The van der Waals surface area contributed by atoms with Gasteiger partial charge >= 0.3 is 0 Å². The molecule has 1 amide bonds. The molecule has 0 atom stereocenters. The van der Waals surface area contributed by atoms with E-state index < -0.39 is 5.91 Å². The van der Waals surface area contributed by atoms with Crippen molar-refractivity contribution in [1.82, 2.24) is 10.2 Å². The zero-order chi connectivity index (χ0) is 22.5. The summed E-state index contributed by atoms with van der Waals surface area (Å²) < 4.78 is 11.0. The summed E-state index contributed by atoms with van der Waals surface area (Å²) in [6.07, 6.45) is 0. The molecule has 3 aromatic rings. The number of nitrogens with zero attached hydrogens (tertiary/aromatic N) is 1. The summed E-state index contributed by atoms with van der Waals surface area (Å²) in [5, 5.41) is 6.59. The van der Waals surface area contributed by atoms with Crippen LogP contribution in [0.2, 0.25) is 10.0 Å². The number of halogens is 2. The Balaban J connectivity index is 1.32. The quantitative estimate of drug-likeness (QED) is 0.479. The van der Waals surface area contributed by atoms with Gasteiger partial charge in [-0.2, -0.15) is 0 Å². The summed E-state index contributed by atoms with van der Waals surface area (Å²) in [7, 11) is 0. The molecule has 1 aromatic heterocycles. The van der Waals surface area contributed by atoms with Crippen molar-refractivity contribution in [2.24, 2.45) is 0 Å². The lowest BCUT2D eigenvalue weighted by Gasteiger charge is -2.26. The van der Waals surface area contributed by atoms with Crippen LogP contribution in [0.3, 0.4) is 0 Å². The summed E-state index contributed by atoms with van der Waals surface area (Å²) >= 11 is 17.5. The predicted molar refractivity (Wildman–Crippen MR) is 130 cm³/mol. The number of furan rings is 1. The van der Waals surface area contributed by atoms with Crippen LogP contribution in [0.1, 0.15) is 16.1 Å². The first-order valence-corrected chi connectivity index (χ1v) is 11.2. The lowest BCUT2D eigenvalue weighted by atomic mass is 10.2. The lowest BCUT2D eigenvalue weighted by molar-refractivity contribution is 0.0342. The second kappa shape index (κ2) is 10.5. The van der Waals surface area contributed by atoms with Crippen molar-refractivity contribution in [2.45, 2.75) is 6.54 Å². The van der Waals surface area contributed by atoms with Gasteiger partial charge in [0.05, 0.1) is 23.3 Å². The van der Waals surface area contributed by atoms with Crippen molar-refractivity contribution in [1.29, 1.82) is 0 Å². The maximum atomic E-state index is 12.5. The van der Waals surface area contributed by atoms with Crippen LogP contribution in [0.15, 0.2) is 59.0 Å². The van der Waals surface area contributed by atoms with Crippen molar-refractivity contribution in [3.05, 3.63) is 76.0 Å². The number of ether oxygens (including phenoxy) is 1. The number of carbonyl (C=O) groups is 1. The molecule has 0 radical (unpaired) electrons. The fourth-order valence-corrected chi connectivity index (χ4v) is 3.94. The van der Waals surface area contributed by atoms with Crippen molar-refractivity contribution >= 4 is 52.1 Å². The van der Waals surface area contributed by atoms with E-state index >= 15 is 0 Å². The normalized spacial score (nSPS) is 14.2. The molecule has 0 spiro atoms. The average Bonchev–Trinajstić information content (AvgIpc) is 3.28. The minimum Gasteiger partial charge on any atom is -0.451 e. The second-order valence-electron chi connectivity index (χ2n) is 7.26. The molecule has 2 N–H and O–H groups in total. The third kappa shape index (κ3) is 5.68. The Kier molecular flexibility index (Phi) is 7.44. The Bertz CT molecular complexity index is 1110. The van der Waals surface area contributed by atoms with E-state index in [0.29, 0.717) is 21.4 Å². The van der Waals surface area contributed by atoms with Crippen LogP contribution < -0.4 is 10.6 Å². The van der Waals surface area contributed by atoms with E-state index in [-0.39, 0.29) is 10.9 Å². The van der Waals surface area contributed by atoms with Crippen LogP contribution in [0.25, 0.3) is 11.3 Å². The van der Waals surface area contributed by atoms with E-state index in [1.54, 1.807) is 30.3 Å². The summed E-state index contributed by atoms with van der Waals surface area (Å²) in [6.45, 7) is 4.30. The van der Waals surface area contributed by atoms with Gasteiger partial charge < -0.3 is 14.5 Å². The largest absolute Gasteiger partial charge is 0.451 e. The Morgan fingerprint density at radius 2 is 1.78 bits per heavy atom. The molecule has 32 heavy (non-hydrogen) atoms. The fraction of sp³-hybridized carbons (Fsp3) is 0.217. The molecule has 1 aliphatic rings. The summed E-state index contributed by atoms with van der Waals surface area (Å²) in [6, 6.07) is 16.4. The van der Waals surface area contributed by atoms with Gasteiger partial charge in [0.15, 0.2) is 10.9 Å². The summed E-state index contributed by atoms with van der Waals surface area (Å²) in [5.74, 6) is 0.0919. The van der Waals surface area contributed by atoms with Crippen molar-refractivity contribution < 1.29 is 13.9 Å². The number of hydrogen-bond acceptors (Lipinski definition) is 5. The number of benzene rings is 2. The second-order valence-corrected chi connectivity index (χ2v) is 8.45. The van der Waals surface area contributed by atoms with E-state index in [1.807, 2.05) is 24.3 Å². The third-order valence-electron chi connectivity index (χ3n) is 5.00. The lowest BCUT2D eigenvalue weighted by Crippen LogP contribution is -2.35. The van der Waals surface area contributed by atoms with Crippen molar-refractivity contribution in [3.8, 4) is 11.3 Å². The van der Waals surface area contributed by atoms with Crippen LogP contribution in [-0.2, 0) is 11.3 Å². The zero-order valence-corrected chi connectivity index (χ0v) is 19.4. The van der Waals surface area contributed by atoms with Gasteiger partial charge in [-0.05, 0) is 54.2 Å². The molecule has 0 bridgehead atoms. The Morgan fingerprint density at radius 3 is 2.53 bits per heavy atom. The van der Waals surface area contributed by atoms with Gasteiger partial charge in [0.1, 0.15) is 5.76 Å². The monoisotopic (exact) mass is 489 g/mol. The highest BCUT2D eigenvalue weighted by atomic mass is 35.5. The van der Waals surface area contributed by atoms with Crippen molar-refractivity contribution in [2.75, 3.05) is 31.6 Å². The number of nitrogens with one attached hydrogen (secondary N) is 2. The molecule has 2 aromatic carbocycles. The van der Waals surface area contributed by atoms with Crippen LogP contribution in [0, 0.1) is 0 Å². The molecule has 1 fully saturated rings. The maximum Gasteiger partial charge on any atom is 0.293 e. The smallest absolute Gasteiger partial charge is 0.293 e. The molecular formula is C23H21Cl2N3O3S. The van der Waals surface area contributed by atoms with E-state index in [2.05, 4.69) is 15.5 Å². The van der Waals surface area contributed by atoms with E-state index in [9.17, 15) is 4.79 Å². The highest BCUT2D eigenvalue weighted by Crippen LogP contribution is 2.34. The van der Waals surface area contributed by atoms with E-state index in [4.69, 9.17) is 44.6 Å². The number of thiocarbonyl (C=S) groups is 1. The van der Waals surface area contributed by atoms with Gasteiger partial charge in [-0.1, -0.05) is 41.4 Å². The molecule has 2 heterocycles. The van der Waals surface area contributed by atoms with Gasteiger partial charge in [-0.15, -0.1) is 0 Å². The average molecular weight is 490 g/mol. The minimum atomic E-state index is -0.462. The number of amides is 1. The number of morpholine rings is 1. The van der Waals surface area contributed by atoms with Crippen LogP contribution >= 0.6 is 35.4 Å². The van der Waals surface area contributed by atoms with Gasteiger partial charge in [0.2, 0.25) is 0 Å². The van der Waals surface area contributed by atoms with Gasteiger partial charge in [-0.25, -0.2) is 0 Å². The van der Waals surface area contributed by atoms with E-state index in [1.165, 1.54) is 5.56 Å². The molecule has 0 saturated carbocycles. The predicted octanol–water partition coefficient (Wildman–Crippen LogP) is 5.21. The Labute approximate surface area is 201 Å². The third-order valence-corrected chi connectivity index (χ3v) is 6.02. The summed E-state index contributed by atoms with van der Waals surface area (Å²) in [4.78, 5) is 14.9. The van der Waals surface area contributed by atoms with E-state index in [0.717, 1.165) is 38.5 Å². The van der Waals surface area contributed by atoms with Crippen LogP contribution in [0.5, 0.6) is 0 Å². The SMILES string of the molecule is O=C(NC(=S)Nc1ccc(CN2CCOCC2)cc1)c1ccc(-c2cccc(Cl)c2Cl)o1. The Hall–Kier alpha value is -2.42. The summed E-state index contributed by atoms with van der Waals surface area (Å²) in [5.41, 5.74) is 2.60. The first-order valence-electron chi connectivity index (χ1n) is 10.1. The molecular weight excluding hydrogens is 469 g/mol. The highest BCUT2D eigenvalue weighted by molar-refractivity contribution is 7.80.